The van der Waals surface area contributed by atoms with Gasteiger partial charge in [-0.3, -0.25) is 9.48 Å². The van der Waals surface area contributed by atoms with Crippen LogP contribution in [0.1, 0.15) is 38.6 Å². The number of rotatable bonds is 6. The number of carbonyl (C=O) groups is 1. The average Bonchev–Trinajstić information content (AvgIpc) is 2.96. The molecular weight excluding hydrogens is 372 g/mol. The van der Waals surface area contributed by atoms with E-state index in [1.807, 2.05) is 36.7 Å². The van der Waals surface area contributed by atoms with Gasteiger partial charge in [-0.2, -0.15) is 5.10 Å². The Labute approximate surface area is 167 Å². The maximum Gasteiger partial charge on any atom is 0.351 e. The molecule has 7 nitrogen and oxygen atoms in total. The number of carbonyl (C=O) groups excluding carboxylic acids is 1. The first kappa shape index (κ1) is 20.1. The fourth-order valence-electron chi connectivity index (χ4n) is 3.10. The number of allylic oxidation sites excluding steroid dienone is 1. The van der Waals surface area contributed by atoms with Gasteiger partial charge < -0.3 is 14.3 Å². The van der Waals surface area contributed by atoms with Crippen LogP contribution in [-0.4, -0.2) is 27.8 Å². The summed E-state index contributed by atoms with van der Waals surface area (Å²) in [6.45, 7) is 5.95. The molecule has 2 heterocycles. The Kier molecular flexibility index (Phi) is 5.68. The molecule has 3 aromatic rings. The maximum atomic E-state index is 12.4. The standard InChI is InChI=1S/C22H22N2O5/c1-13-9-14(2)24(23-13)12-17-11-16(6-8-20(17)28-4)5-7-18(25)21-19(26)10-15(3)29-22(21)27/h5-11,26H,12H2,1-4H3. The zero-order valence-electron chi connectivity index (χ0n) is 16.7. The first-order chi connectivity index (χ1) is 13.8. The van der Waals surface area contributed by atoms with Crippen molar-refractivity contribution in [3.8, 4) is 11.5 Å². The van der Waals surface area contributed by atoms with Gasteiger partial charge in [0.05, 0.1) is 19.3 Å². The fraction of sp³-hybridized carbons (Fsp3) is 0.227. The molecule has 1 aromatic carbocycles. The number of benzene rings is 1. The Morgan fingerprint density at radius 2 is 2.00 bits per heavy atom. The summed E-state index contributed by atoms with van der Waals surface area (Å²) in [4.78, 5) is 24.3. The number of hydrogen-bond donors (Lipinski definition) is 1. The number of ketones is 1. The molecule has 0 unspecified atom stereocenters. The topological polar surface area (TPSA) is 94.6 Å². The van der Waals surface area contributed by atoms with E-state index in [4.69, 9.17) is 9.15 Å². The Hall–Kier alpha value is -3.61. The zero-order valence-corrected chi connectivity index (χ0v) is 16.7. The van der Waals surface area contributed by atoms with Gasteiger partial charge in [0, 0.05) is 17.3 Å². The number of ether oxygens (including phenoxy) is 1. The smallest absolute Gasteiger partial charge is 0.351 e. The van der Waals surface area contributed by atoms with Crippen LogP contribution in [0.2, 0.25) is 0 Å². The van der Waals surface area contributed by atoms with Crippen LogP contribution in [0.25, 0.3) is 6.08 Å². The van der Waals surface area contributed by atoms with Gasteiger partial charge in [0.1, 0.15) is 22.8 Å². The molecule has 2 aromatic heterocycles. The fourth-order valence-corrected chi connectivity index (χ4v) is 3.10. The van der Waals surface area contributed by atoms with Crippen LogP contribution in [0, 0.1) is 20.8 Å². The summed E-state index contributed by atoms with van der Waals surface area (Å²) in [5, 5.41) is 14.4. The van der Waals surface area contributed by atoms with E-state index in [9.17, 15) is 14.7 Å². The number of aromatic nitrogens is 2. The molecule has 3 rings (SSSR count). The third-order valence-electron chi connectivity index (χ3n) is 4.46. The molecule has 29 heavy (non-hydrogen) atoms. The quantitative estimate of drug-likeness (QED) is 0.508. The lowest BCUT2D eigenvalue weighted by Gasteiger charge is -2.11. The molecule has 0 spiro atoms. The normalized spacial score (nSPS) is 11.2. The lowest BCUT2D eigenvalue weighted by molar-refractivity contribution is 0.104. The number of hydrogen-bond acceptors (Lipinski definition) is 6. The van der Waals surface area contributed by atoms with E-state index in [1.54, 1.807) is 19.3 Å². The van der Waals surface area contributed by atoms with Crippen molar-refractivity contribution in [1.29, 1.82) is 0 Å². The molecule has 7 heteroatoms. The molecule has 150 valence electrons. The molecule has 0 radical (unpaired) electrons. The van der Waals surface area contributed by atoms with E-state index in [-0.39, 0.29) is 11.3 Å². The Balaban J connectivity index is 1.89. The highest BCUT2D eigenvalue weighted by atomic mass is 16.5. The summed E-state index contributed by atoms with van der Waals surface area (Å²) >= 11 is 0. The predicted molar refractivity (Wildman–Crippen MR) is 109 cm³/mol. The van der Waals surface area contributed by atoms with E-state index < -0.39 is 17.2 Å². The molecule has 1 N–H and O–H groups in total. The molecule has 0 saturated carbocycles. The van der Waals surface area contributed by atoms with Crippen molar-refractivity contribution in [3.05, 3.63) is 80.7 Å². The molecule has 0 aliphatic heterocycles. The lowest BCUT2D eigenvalue weighted by atomic mass is 10.1. The van der Waals surface area contributed by atoms with E-state index in [0.29, 0.717) is 12.3 Å². The van der Waals surface area contributed by atoms with Crippen LogP contribution in [0.5, 0.6) is 11.5 Å². The highest BCUT2D eigenvalue weighted by Crippen LogP contribution is 2.23. The van der Waals surface area contributed by atoms with Crippen molar-refractivity contribution in [1.82, 2.24) is 9.78 Å². The Morgan fingerprint density at radius 1 is 1.24 bits per heavy atom. The van der Waals surface area contributed by atoms with Crippen molar-refractivity contribution >= 4 is 11.9 Å². The van der Waals surface area contributed by atoms with Gasteiger partial charge in [0.15, 0.2) is 5.78 Å². The van der Waals surface area contributed by atoms with E-state index in [1.165, 1.54) is 19.1 Å². The van der Waals surface area contributed by atoms with Crippen molar-refractivity contribution in [2.24, 2.45) is 0 Å². The van der Waals surface area contributed by atoms with Crippen molar-refractivity contribution < 1.29 is 19.1 Å². The van der Waals surface area contributed by atoms with Gasteiger partial charge in [0.25, 0.3) is 0 Å². The number of aromatic hydroxyl groups is 1. The minimum atomic E-state index is -0.864. The summed E-state index contributed by atoms with van der Waals surface area (Å²) in [7, 11) is 1.60. The van der Waals surface area contributed by atoms with Crippen LogP contribution >= 0.6 is 0 Å². The van der Waals surface area contributed by atoms with Crippen molar-refractivity contribution in [2.75, 3.05) is 7.11 Å². The van der Waals surface area contributed by atoms with Crippen LogP contribution in [0.15, 0.2) is 45.6 Å². The second kappa shape index (κ2) is 8.18. The average molecular weight is 394 g/mol. The predicted octanol–water partition coefficient (Wildman–Crippen LogP) is 3.42. The van der Waals surface area contributed by atoms with E-state index in [2.05, 4.69) is 5.10 Å². The van der Waals surface area contributed by atoms with Gasteiger partial charge >= 0.3 is 5.63 Å². The largest absolute Gasteiger partial charge is 0.507 e. The summed E-state index contributed by atoms with van der Waals surface area (Å²) in [5.41, 5.74) is 2.35. The van der Waals surface area contributed by atoms with Crippen molar-refractivity contribution in [2.45, 2.75) is 27.3 Å². The van der Waals surface area contributed by atoms with Crippen LogP contribution in [0.4, 0.5) is 0 Å². The third-order valence-corrected chi connectivity index (χ3v) is 4.46. The molecule has 0 aliphatic rings. The van der Waals surface area contributed by atoms with Crippen LogP contribution in [-0.2, 0) is 6.54 Å². The van der Waals surface area contributed by atoms with E-state index >= 15 is 0 Å². The summed E-state index contributed by atoms with van der Waals surface area (Å²) < 4.78 is 12.2. The summed E-state index contributed by atoms with van der Waals surface area (Å²) in [6, 6.07) is 8.72. The highest BCUT2D eigenvalue weighted by molar-refractivity contribution is 6.08. The van der Waals surface area contributed by atoms with Crippen LogP contribution in [0.3, 0.4) is 0 Å². The maximum absolute atomic E-state index is 12.4. The Bertz CT molecular complexity index is 1150. The molecule has 0 bridgehead atoms. The molecule has 0 fully saturated rings. The van der Waals surface area contributed by atoms with Gasteiger partial charge in [-0.15, -0.1) is 0 Å². The third kappa shape index (κ3) is 4.45. The Morgan fingerprint density at radius 3 is 2.62 bits per heavy atom. The van der Waals surface area contributed by atoms with Gasteiger partial charge in [-0.25, -0.2) is 4.79 Å². The summed E-state index contributed by atoms with van der Waals surface area (Å²) in [5.74, 6) is -0.0876. The van der Waals surface area contributed by atoms with Gasteiger partial charge in [-0.1, -0.05) is 12.1 Å². The van der Waals surface area contributed by atoms with E-state index in [0.717, 1.165) is 22.5 Å². The molecule has 0 atom stereocenters. The molecule has 0 amide bonds. The number of methoxy groups -OCH3 is 1. The monoisotopic (exact) mass is 394 g/mol. The van der Waals surface area contributed by atoms with Gasteiger partial charge in [0.2, 0.25) is 0 Å². The minimum absolute atomic E-state index is 0.233. The molecule has 0 saturated heterocycles. The lowest BCUT2D eigenvalue weighted by Crippen LogP contribution is -2.13. The number of aryl methyl sites for hydroxylation is 3. The van der Waals surface area contributed by atoms with Gasteiger partial charge in [-0.05, 0) is 50.6 Å². The van der Waals surface area contributed by atoms with Crippen molar-refractivity contribution in [3.63, 3.8) is 0 Å². The number of nitrogens with zero attached hydrogens (tertiary/aromatic N) is 2. The zero-order chi connectivity index (χ0) is 21.1. The first-order valence-corrected chi connectivity index (χ1v) is 9.02. The second-order valence-corrected chi connectivity index (χ2v) is 6.76. The highest BCUT2D eigenvalue weighted by Gasteiger charge is 2.16. The second-order valence-electron chi connectivity index (χ2n) is 6.76. The molecular formula is C22H22N2O5. The van der Waals surface area contributed by atoms with Crippen LogP contribution < -0.4 is 10.4 Å². The molecule has 0 aliphatic carbocycles. The SMILES string of the molecule is COc1ccc(C=CC(=O)c2c(O)cc(C)oc2=O)cc1Cn1nc(C)cc1C. The first-order valence-electron chi connectivity index (χ1n) is 9.02. The summed E-state index contributed by atoms with van der Waals surface area (Å²) in [6.07, 6.45) is 2.81. The minimum Gasteiger partial charge on any atom is -0.507 e.